The van der Waals surface area contributed by atoms with Gasteiger partial charge in [0.25, 0.3) is 0 Å². The van der Waals surface area contributed by atoms with E-state index in [0.29, 0.717) is 5.92 Å². The summed E-state index contributed by atoms with van der Waals surface area (Å²) >= 11 is 0. The zero-order valence-corrected chi connectivity index (χ0v) is 8.09. The van der Waals surface area contributed by atoms with Crippen molar-refractivity contribution in [2.24, 2.45) is 0 Å². The summed E-state index contributed by atoms with van der Waals surface area (Å²) in [6.45, 7) is 5.37. The van der Waals surface area contributed by atoms with Crippen molar-refractivity contribution in [1.29, 1.82) is 0 Å². The minimum atomic E-state index is 0.563. The first-order valence-electron chi connectivity index (χ1n) is 4.75. The summed E-state index contributed by atoms with van der Waals surface area (Å²) in [5.41, 5.74) is 8.79. The molecule has 0 amide bonds. The largest absolute Gasteiger partial charge is 0.306 e. The van der Waals surface area contributed by atoms with Crippen LogP contribution in [-0.2, 0) is 6.42 Å². The molecule has 1 aromatic rings. The summed E-state index contributed by atoms with van der Waals surface area (Å²) in [6, 6.07) is 2.25. The highest BCUT2D eigenvalue weighted by Crippen LogP contribution is 2.21. The second-order valence-corrected chi connectivity index (χ2v) is 3.73. The zero-order chi connectivity index (χ0) is 9.26. The van der Waals surface area contributed by atoms with E-state index in [1.807, 2.05) is 6.20 Å². The molecule has 0 bridgehead atoms. The van der Waals surface area contributed by atoms with E-state index in [1.54, 1.807) is 0 Å². The topological polar surface area (TPSA) is 37.0 Å². The molecule has 1 aliphatic rings. The van der Waals surface area contributed by atoms with Gasteiger partial charge in [0.05, 0.1) is 0 Å². The molecule has 3 nitrogen and oxygen atoms in total. The van der Waals surface area contributed by atoms with Crippen LogP contribution in [0.5, 0.6) is 0 Å². The maximum absolute atomic E-state index is 4.37. The van der Waals surface area contributed by atoms with E-state index >= 15 is 0 Å². The average molecular weight is 177 g/mol. The second kappa shape index (κ2) is 3.34. The van der Waals surface area contributed by atoms with Gasteiger partial charge in [-0.1, -0.05) is 19.9 Å². The summed E-state index contributed by atoms with van der Waals surface area (Å²) in [4.78, 5) is 4.37. The van der Waals surface area contributed by atoms with Crippen LogP contribution >= 0.6 is 0 Å². The molecule has 0 atom stereocenters. The highest BCUT2D eigenvalue weighted by atomic mass is 15.4. The third kappa shape index (κ3) is 1.65. The molecule has 13 heavy (non-hydrogen) atoms. The number of nitrogens with zero attached hydrogens (tertiary/aromatic N) is 1. The van der Waals surface area contributed by atoms with Crippen LogP contribution < -0.4 is 10.9 Å². The summed E-state index contributed by atoms with van der Waals surface area (Å²) in [6.07, 6.45) is 3.01. The second-order valence-electron chi connectivity index (χ2n) is 3.73. The molecule has 0 aromatic carbocycles. The van der Waals surface area contributed by atoms with Crippen molar-refractivity contribution in [1.82, 2.24) is 10.4 Å². The molecule has 1 aliphatic heterocycles. The highest BCUT2D eigenvalue weighted by molar-refractivity contribution is 5.46. The molecule has 70 valence electrons. The molecule has 1 aromatic heterocycles. The van der Waals surface area contributed by atoms with Gasteiger partial charge in [-0.2, -0.15) is 0 Å². The van der Waals surface area contributed by atoms with Gasteiger partial charge in [0.2, 0.25) is 0 Å². The van der Waals surface area contributed by atoms with Crippen molar-refractivity contribution in [2.45, 2.75) is 26.2 Å². The number of hydrogen-bond donors (Lipinski definition) is 2. The number of fused-ring (bicyclic) bond motifs is 1. The molecule has 0 saturated carbocycles. The van der Waals surface area contributed by atoms with E-state index in [9.17, 15) is 0 Å². The Morgan fingerprint density at radius 2 is 2.31 bits per heavy atom. The molecule has 2 rings (SSSR count). The predicted octanol–water partition coefficient (Wildman–Crippen LogP) is 1.68. The molecule has 0 fully saturated rings. The van der Waals surface area contributed by atoms with E-state index in [0.717, 1.165) is 18.8 Å². The molecule has 0 radical (unpaired) electrons. The summed E-state index contributed by atoms with van der Waals surface area (Å²) in [7, 11) is 0. The Morgan fingerprint density at radius 1 is 1.46 bits per heavy atom. The lowest BCUT2D eigenvalue weighted by atomic mass is 10.0. The van der Waals surface area contributed by atoms with Crippen molar-refractivity contribution in [3.05, 3.63) is 23.4 Å². The molecule has 2 N–H and O–H groups in total. The van der Waals surface area contributed by atoms with E-state index < -0.39 is 0 Å². The normalized spacial score (nSPS) is 15.3. The zero-order valence-electron chi connectivity index (χ0n) is 8.09. The van der Waals surface area contributed by atoms with Gasteiger partial charge in [-0.15, -0.1) is 0 Å². The highest BCUT2D eigenvalue weighted by Gasteiger charge is 2.10. The van der Waals surface area contributed by atoms with Crippen LogP contribution in [-0.4, -0.2) is 11.5 Å². The van der Waals surface area contributed by atoms with Crippen molar-refractivity contribution < 1.29 is 0 Å². The van der Waals surface area contributed by atoms with Gasteiger partial charge in [-0.05, 0) is 23.5 Å². The standard InChI is InChI=1S/C10H15N3/c1-7(2)9-5-8-3-4-12-13-10(8)11-6-9/h5-7,12H,3-4H2,1-2H3,(H,11,13). The summed E-state index contributed by atoms with van der Waals surface area (Å²) in [5.74, 6) is 1.54. The Bertz CT molecular complexity index is 307. The fourth-order valence-corrected chi connectivity index (χ4v) is 1.49. The fraction of sp³-hybridized carbons (Fsp3) is 0.500. The van der Waals surface area contributed by atoms with Crippen molar-refractivity contribution >= 4 is 5.82 Å². The Morgan fingerprint density at radius 3 is 3.08 bits per heavy atom. The SMILES string of the molecule is CC(C)c1cnc2c(c1)CCNN2. The number of aromatic nitrogens is 1. The minimum absolute atomic E-state index is 0.563. The third-order valence-corrected chi connectivity index (χ3v) is 2.38. The van der Waals surface area contributed by atoms with E-state index in [-0.39, 0.29) is 0 Å². The summed E-state index contributed by atoms with van der Waals surface area (Å²) in [5, 5.41) is 0. The van der Waals surface area contributed by atoms with Gasteiger partial charge in [0, 0.05) is 12.7 Å². The van der Waals surface area contributed by atoms with Crippen molar-refractivity contribution in [2.75, 3.05) is 12.0 Å². The molecular weight excluding hydrogens is 162 g/mol. The quantitative estimate of drug-likeness (QED) is 0.685. The van der Waals surface area contributed by atoms with Gasteiger partial charge in [0.15, 0.2) is 0 Å². The lowest BCUT2D eigenvalue weighted by Crippen LogP contribution is -2.30. The molecular formula is C10H15N3. The van der Waals surface area contributed by atoms with Gasteiger partial charge >= 0.3 is 0 Å². The average Bonchev–Trinajstić information content (AvgIpc) is 2.17. The van der Waals surface area contributed by atoms with Crippen LogP contribution in [0.1, 0.15) is 30.9 Å². The third-order valence-electron chi connectivity index (χ3n) is 2.38. The lowest BCUT2D eigenvalue weighted by molar-refractivity contribution is 0.730. The maximum atomic E-state index is 4.37. The number of nitrogens with one attached hydrogen (secondary N) is 2. The maximum Gasteiger partial charge on any atom is 0.143 e. The molecule has 0 aliphatic carbocycles. The number of hydrogen-bond acceptors (Lipinski definition) is 3. The molecule has 0 unspecified atom stereocenters. The van der Waals surface area contributed by atoms with Gasteiger partial charge < -0.3 is 5.43 Å². The van der Waals surface area contributed by atoms with Gasteiger partial charge in [0.1, 0.15) is 5.82 Å². The minimum Gasteiger partial charge on any atom is -0.306 e. The van der Waals surface area contributed by atoms with Gasteiger partial charge in [-0.25, -0.2) is 10.4 Å². The smallest absolute Gasteiger partial charge is 0.143 e. The first-order valence-corrected chi connectivity index (χ1v) is 4.75. The van der Waals surface area contributed by atoms with E-state index in [4.69, 9.17) is 0 Å². The first-order chi connectivity index (χ1) is 6.27. The first kappa shape index (κ1) is 8.51. The van der Waals surface area contributed by atoms with Crippen LogP contribution in [0, 0.1) is 0 Å². The van der Waals surface area contributed by atoms with Crippen LogP contribution in [0.25, 0.3) is 0 Å². The van der Waals surface area contributed by atoms with Crippen LogP contribution in [0.3, 0.4) is 0 Å². The predicted molar refractivity (Wildman–Crippen MR) is 53.7 cm³/mol. The number of pyridine rings is 1. The van der Waals surface area contributed by atoms with E-state index in [1.165, 1.54) is 11.1 Å². The monoisotopic (exact) mass is 177 g/mol. The Labute approximate surface area is 78.5 Å². The van der Waals surface area contributed by atoms with Crippen molar-refractivity contribution in [3.8, 4) is 0 Å². The number of hydrazine groups is 1. The van der Waals surface area contributed by atoms with Crippen molar-refractivity contribution in [3.63, 3.8) is 0 Å². The van der Waals surface area contributed by atoms with Crippen LogP contribution in [0.4, 0.5) is 5.82 Å². The Hall–Kier alpha value is -1.09. The number of anilines is 1. The van der Waals surface area contributed by atoms with Crippen LogP contribution in [0.15, 0.2) is 12.3 Å². The molecule has 3 heteroatoms. The Kier molecular flexibility index (Phi) is 2.19. The van der Waals surface area contributed by atoms with Crippen LogP contribution in [0.2, 0.25) is 0 Å². The molecule has 0 spiro atoms. The molecule has 0 saturated heterocycles. The van der Waals surface area contributed by atoms with E-state index in [2.05, 4.69) is 35.7 Å². The fourth-order valence-electron chi connectivity index (χ4n) is 1.49. The molecule has 2 heterocycles. The van der Waals surface area contributed by atoms with Gasteiger partial charge in [-0.3, -0.25) is 0 Å². The summed E-state index contributed by atoms with van der Waals surface area (Å²) < 4.78 is 0. The number of rotatable bonds is 1. The lowest BCUT2D eigenvalue weighted by Gasteiger charge is -2.19. The Balaban J connectivity index is 2.35.